The minimum atomic E-state index is -0.188. The van der Waals surface area contributed by atoms with Crippen molar-refractivity contribution in [1.29, 1.82) is 0 Å². The Balaban J connectivity index is 1.68. The van der Waals surface area contributed by atoms with Gasteiger partial charge in [-0.25, -0.2) is 4.68 Å². The topological polar surface area (TPSA) is 72.9 Å². The Morgan fingerprint density at radius 2 is 2.23 bits per heavy atom. The molecule has 1 heterocycles. The third kappa shape index (κ3) is 3.43. The van der Waals surface area contributed by atoms with Crippen LogP contribution in [0.2, 0.25) is 10.0 Å². The van der Waals surface area contributed by atoms with E-state index in [9.17, 15) is 4.79 Å². The molecular weight excluding hydrogens is 323 g/mol. The van der Waals surface area contributed by atoms with Crippen LogP contribution in [0.4, 0.5) is 0 Å². The number of aromatic nitrogens is 2. The molecule has 0 spiro atoms. The lowest BCUT2D eigenvalue weighted by atomic mass is 10.2. The molecule has 1 aromatic heterocycles. The maximum absolute atomic E-state index is 12.1. The Labute approximate surface area is 138 Å². The molecule has 116 valence electrons. The van der Waals surface area contributed by atoms with E-state index in [1.807, 2.05) is 0 Å². The van der Waals surface area contributed by atoms with E-state index >= 15 is 0 Å². The van der Waals surface area contributed by atoms with Crippen LogP contribution in [0.5, 0.6) is 0 Å². The zero-order valence-corrected chi connectivity index (χ0v) is 13.3. The Morgan fingerprint density at radius 3 is 2.91 bits per heavy atom. The Bertz CT molecular complexity index is 697. The summed E-state index contributed by atoms with van der Waals surface area (Å²) in [7, 11) is 0. The summed E-state index contributed by atoms with van der Waals surface area (Å²) < 4.78 is 1.55. The van der Waals surface area contributed by atoms with Crippen molar-refractivity contribution in [3.8, 4) is 5.69 Å². The highest BCUT2D eigenvalue weighted by molar-refractivity contribution is 6.35. The molecule has 1 aliphatic rings. The first kappa shape index (κ1) is 15.3. The van der Waals surface area contributed by atoms with Gasteiger partial charge in [0.1, 0.15) is 0 Å². The molecule has 2 aromatic rings. The lowest BCUT2D eigenvalue weighted by molar-refractivity contribution is 0.0950. The maximum Gasteiger partial charge on any atom is 0.254 e. The second-order valence-corrected chi connectivity index (χ2v) is 6.32. The largest absolute Gasteiger partial charge is 0.350 e. The molecule has 3 rings (SSSR count). The van der Waals surface area contributed by atoms with Gasteiger partial charge in [-0.2, -0.15) is 5.10 Å². The van der Waals surface area contributed by atoms with E-state index in [0.717, 1.165) is 12.8 Å². The molecule has 0 bridgehead atoms. The van der Waals surface area contributed by atoms with Crippen LogP contribution in [0.3, 0.4) is 0 Å². The fourth-order valence-electron chi connectivity index (χ4n) is 2.24. The van der Waals surface area contributed by atoms with Gasteiger partial charge in [0.15, 0.2) is 0 Å². The number of carbonyl (C=O) groups is 1. The average Bonchev–Trinajstić information content (AvgIpc) is 3.22. The summed E-state index contributed by atoms with van der Waals surface area (Å²) in [6.07, 6.45) is 5.45. The predicted octanol–water partition coefficient (Wildman–Crippen LogP) is 2.65. The van der Waals surface area contributed by atoms with Gasteiger partial charge in [0.2, 0.25) is 0 Å². The Morgan fingerprint density at radius 1 is 1.45 bits per heavy atom. The summed E-state index contributed by atoms with van der Waals surface area (Å²) in [4.78, 5) is 12.1. The van der Waals surface area contributed by atoms with Crippen molar-refractivity contribution in [3.63, 3.8) is 0 Å². The van der Waals surface area contributed by atoms with Crippen molar-refractivity contribution in [2.75, 3.05) is 6.54 Å². The molecule has 0 radical (unpaired) electrons. The van der Waals surface area contributed by atoms with Crippen LogP contribution in [-0.2, 0) is 0 Å². The van der Waals surface area contributed by atoms with Gasteiger partial charge in [0, 0.05) is 23.8 Å². The van der Waals surface area contributed by atoms with Crippen molar-refractivity contribution in [1.82, 2.24) is 15.1 Å². The van der Waals surface area contributed by atoms with Gasteiger partial charge in [-0.3, -0.25) is 4.79 Å². The number of benzene rings is 1. The monoisotopic (exact) mass is 338 g/mol. The van der Waals surface area contributed by atoms with Gasteiger partial charge in [0.05, 0.1) is 22.5 Å². The van der Waals surface area contributed by atoms with Crippen LogP contribution in [0.1, 0.15) is 23.2 Å². The lowest BCUT2D eigenvalue weighted by Gasteiger charge is -2.10. The van der Waals surface area contributed by atoms with E-state index in [2.05, 4.69) is 10.4 Å². The first-order valence-corrected chi connectivity index (χ1v) is 7.84. The second-order valence-electron chi connectivity index (χ2n) is 5.48. The minimum Gasteiger partial charge on any atom is -0.350 e. The Kier molecular flexibility index (Phi) is 4.38. The van der Waals surface area contributed by atoms with Gasteiger partial charge in [-0.1, -0.05) is 23.2 Å². The van der Waals surface area contributed by atoms with Crippen molar-refractivity contribution in [2.24, 2.45) is 11.7 Å². The normalized spacial score (nSPS) is 15.6. The number of hydrogen-bond acceptors (Lipinski definition) is 3. The number of hydrogen-bond donors (Lipinski definition) is 2. The number of halogens is 2. The number of amides is 1. The molecule has 0 aliphatic heterocycles. The van der Waals surface area contributed by atoms with Gasteiger partial charge in [-0.15, -0.1) is 0 Å². The summed E-state index contributed by atoms with van der Waals surface area (Å²) >= 11 is 12.0. The van der Waals surface area contributed by atoms with Crippen molar-refractivity contribution in [3.05, 3.63) is 46.2 Å². The van der Waals surface area contributed by atoms with E-state index < -0.39 is 0 Å². The SMILES string of the molecule is NC(CNC(=O)c1cnn(-c2ccc(Cl)cc2Cl)c1)C1CC1. The average molecular weight is 339 g/mol. The van der Waals surface area contributed by atoms with Crippen LogP contribution in [0, 0.1) is 5.92 Å². The van der Waals surface area contributed by atoms with Crippen LogP contribution in [0.15, 0.2) is 30.6 Å². The maximum atomic E-state index is 12.1. The highest BCUT2D eigenvalue weighted by atomic mass is 35.5. The standard InChI is InChI=1S/C15H16Cl2N4O/c16-11-3-4-14(12(17)5-11)21-8-10(6-20-21)15(22)19-7-13(18)9-1-2-9/h3-6,8-9,13H,1-2,7,18H2,(H,19,22). The number of carbonyl (C=O) groups excluding carboxylic acids is 1. The molecule has 1 unspecified atom stereocenters. The van der Waals surface area contributed by atoms with Gasteiger partial charge < -0.3 is 11.1 Å². The fourth-order valence-corrected chi connectivity index (χ4v) is 2.74. The highest BCUT2D eigenvalue weighted by Gasteiger charge is 2.28. The third-order valence-electron chi connectivity index (χ3n) is 3.73. The van der Waals surface area contributed by atoms with Gasteiger partial charge >= 0.3 is 0 Å². The van der Waals surface area contributed by atoms with Gasteiger partial charge in [-0.05, 0) is 37.0 Å². The van der Waals surface area contributed by atoms with E-state index in [0.29, 0.717) is 33.8 Å². The number of nitrogens with one attached hydrogen (secondary N) is 1. The number of rotatable bonds is 5. The highest BCUT2D eigenvalue weighted by Crippen LogP contribution is 2.31. The van der Waals surface area contributed by atoms with Crippen molar-refractivity contribution in [2.45, 2.75) is 18.9 Å². The van der Waals surface area contributed by atoms with Crippen molar-refractivity contribution >= 4 is 29.1 Å². The lowest BCUT2D eigenvalue weighted by Crippen LogP contribution is -2.38. The molecule has 7 heteroatoms. The molecule has 0 saturated heterocycles. The van der Waals surface area contributed by atoms with Crippen LogP contribution < -0.4 is 11.1 Å². The molecule has 1 saturated carbocycles. The molecule has 1 amide bonds. The van der Waals surface area contributed by atoms with Crippen LogP contribution in [0.25, 0.3) is 5.69 Å². The second kappa shape index (κ2) is 6.28. The van der Waals surface area contributed by atoms with Crippen molar-refractivity contribution < 1.29 is 4.79 Å². The van der Waals surface area contributed by atoms with E-state index in [-0.39, 0.29) is 11.9 Å². The van der Waals surface area contributed by atoms with E-state index in [4.69, 9.17) is 28.9 Å². The quantitative estimate of drug-likeness (QED) is 0.880. The summed E-state index contributed by atoms with van der Waals surface area (Å²) in [5.41, 5.74) is 7.10. The zero-order chi connectivity index (χ0) is 15.7. The molecule has 3 N–H and O–H groups in total. The number of nitrogens with zero attached hydrogens (tertiary/aromatic N) is 2. The molecule has 1 fully saturated rings. The molecule has 22 heavy (non-hydrogen) atoms. The van der Waals surface area contributed by atoms with E-state index in [1.165, 1.54) is 6.20 Å². The smallest absolute Gasteiger partial charge is 0.254 e. The predicted molar refractivity (Wildman–Crippen MR) is 86.6 cm³/mol. The fraction of sp³-hybridized carbons (Fsp3) is 0.333. The molecule has 1 atom stereocenters. The van der Waals surface area contributed by atoms with Crippen LogP contribution >= 0.6 is 23.2 Å². The zero-order valence-electron chi connectivity index (χ0n) is 11.8. The molecule has 5 nitrogen and oxygen atoms in total. The number of nitrogens with two attached hydrogens (primary N) is 1. The Hall–Kier alpha value is -1.56. The van der Waals surface area contributed by atoms with Crippen LogP contribution in [-0.4, -0.2) is 28.3 Å². The summed E-state index contributed by atoms with van der Waals surface area (Å²) in [5, 5.41) is 8.03. The summed E-state index contributed by atoms with van der Waals surface area (Å²) in [6.45, 7) is 0.483. The summed E-state index contributed by atoms with van der Waals surface area (Å²) in [6, 6.07) is 5.14. The van der Waals surface area contributed by atoms with Gasteiger partial charge in [0.25, 0.3) is 5.91 Å². The molecule has 1 aromatic carbocycles. The van der Waals surface area contributed by atoms with E-state index in [1.54, 1.807) is 29.1 Å². The first-order chi connectivity index (χ1) is 10.5. The molecule has 1 aliphatic carbocycles. The minimum absolute atomic E-state index is 0.0321. The first-order valence-electron chi connectivity index (χ1n) is 7.08. The third-order valence-corrected chi connectivity index (χ3v) is 4.26. The molecular formula is C15H16Cl2N4O. The summed E-state index contributed by atoms with van der Waals surface area (Å²) in [5.74, 6) is 0.364.